The number of hydrogen-bond acceptors (Lipinski definition) is 3. The summed E-state index contributed by atoms with van der Waals surface area (Å²) < 4.78 is 15.0. The highest BCUT2D eigenvalue weighted by Gasteiger charge is 2.16. The maximum atomic E-state index is 13.3. The van der Waals surface area contributed by atoms with E-state index in [2.05, 4.69) is 10.4 Å². The number of anilines is 3. The van der Waals surface area contributed by atoms with Crippen molar-refractivity contribution in [2.45, 2.75) is 26.8 Å². The third-order valence-electron chi connectivity index (χ3n) is 2.80. The van der Waals surface area contributed by atoms with Gasteiger partial charge < -0.3 is 11.1 Å². The largest absolute Gasteiger partial charge is 0.394 e. The van der Waals surface area contributed by atoms with Crippen LogP contribution >= 0.6 is 11.6 Å². The normalized spacial score (nSPS) is 11.1. The summed E-state index contributed by atoms with van der Waals surface area (Å²) in [5, 5.41) is 7.83. The number of aromatic nitrogens is 2. The van der Waals surface area contributed by atoms with E-state index < -0.39 is 0 Å². The van der Waals surface area contributed by atoms with Crippen LogP contribution in [0.25, 0.3) is 0 Å². The first-order valence-electron chi connectivity index (χ1n) is 5.96. The Labute approximate surface area is 116 Å². The highest BCUT2D eigenvalue weighted by Crippen LogP contribution is 2.32. The Kier molecular flexibility index (Phi) is 3.66. The molecule has 0 saturated carbocycles. The molecular formula is C13H16ClFN4. The Bertz CT molecular complexity index is 607. The molecule has 0 amide bonds. The van der Waals surface area contributed by atoms with Crippen molar-refractivity contribution < 1.29 is 4.39 Å². The van der Waals surface area contributed by atoms with Crippen LogP contribution in [0.3, 0.4) is 0 Å². The van der Waals surface area contributed by atoms with Gasteiger partial charge in [-0.3, -0.25) is 0 Å². The third kappa shape index (κ3) is 2.66. The average molecular weight is 283 g/mol. The number of rotatable bonds is 3. The Morgan fingerprint density at radius 2 is 2.11 bits per heavy atom. The lowest BCUT2D eigenvalue weighted by Gasteiger charge is -2.14. The molecule has 6 heteroatoms. The van der Waals surface area contributed by atoms with Crippen LogP contribution < -0.4 is 11.1 Å². The predicted octanol–water partition coefficient (Wildman–Crippen LogP) is 3.89. The van der Waals surface area contributed by atoms with Crippen LogP contribution in [0.1, 0.15) is 25.6 Å². The minimum Gasteiger partial charge on any atom is -0.394 e. The van der Waals surface area contributed by atoms with Gasteiger partial charge >= 0.3 is 0 Å². The summed E-state index contributed by atoms with van der Waals surface area (Å²) in [6.07, 6.45) is 0. The van der Waals surface area contributed by atoms with Gasteiger partial charge in [0.2, 0.25) is 0 Å². The van der Waals surface area contributed by atoms with Gasteiger partial charge in [0.25, 0.3) is 0 Å². The number of aryl methyl sites for hydroxylation is 1. The van der Waals surface area contributed by atoms with Gasteiger partial charge in [-0.15, -0.1) is 0 Å². The molecule has 0 fully saturated rings. The zero-order chi connectivity index (χ0) is 14.2. The summed E-state index contributed by atoms with van der Waals surface area (Å²) in [5.41, 5.74) is 7.72. The van der Waals surface area contributed by atoms with Crippen LogP contribution in [0.15, 0.2) is 18.2 Å². The molecule has 0 atom stereocenters. The van der Waals surface area contributed by atoms with E-state index in [4.69, 9.17) is 17.3 Å². The van der Waals surface area contributed by atoms with Crippen LogP contribution in [-0.4, -0.2) is 9.78 Å². The molecule has 1 aromatic carbocycles. The first kappa shape index (κ1) is 13.7. The molecule has 2 rings (SSSR count). The van der Waals surface area contributed by atoms with E-state index >= 15 is 0 Å². The second-order valence-corrected chi connectivity index (χ2v) is 5.04. The van der Waals surface area contributed by atoms with E-state index in [1.807, 2.05) is 20.8 Å². The minimum absolute atomic E-state index is 0.130. The van der Waals surface area contributed by atoms with Crippen molar-refractivity contribution in [1.29, 1.82) is 0 Å². The Morgan fingerprint density at radius 1 is 1.42 bits per heavy atom. The lowest BCUT2D eigenvalue weighted by atomic mass is 10.3. The van der Waals surface area contributed by atoms with Crippen LogP contribution in [-0.2, 0) is 0 Å². The Balaban J connectivity index is 2.45. The summed E-state index contributed by atoms with van der Waals surface area (Å²) >= 11 is 6.04. The van der Waals surface area contributed by atoms with E-state index in [-0.39, 0.29) is 11.9 Å². The number of nitrogens with zero attached hydrogens (tertiary/aromatic N) is 2. The molecule has 0 bridgehead atoms. The number of nitrogen functional groups attached to an aromatic ring is 1. The van der Waals surface area contributed by atoms with Crippen LogP contribution in [0.4, 0.5) is 21.6 Å². The molecule has 0 unspecified atom stereocenters. The molecule has 19 heavy (non-hydrogen) atoms. The zero-order valence-corrected chi connectivity index (χ0v) is 11.8. The molecule has 2 aromatic rings. The molecule has 0 spiro atoms. The molecule has 0 aliphatic heterocycles. The first-order valence-corrected chi connectivity index (χ1v) is 6.34. The van der Waals surface area contributed by atoms with Crippen molar-refractivity contribution in [2.24, 2.45) is 0 Å². The minimum atomic E-state index is -0.363. The van der Waals surface area contributed by atoms with Gasteiger partial charge in [0.05, 0.1) is 22.1 Å². The first-order chi connectivity index (χ1) is 8.90. The highest BCUT2D eigenvalue weighted by molar-refractivity contribution is 6.33. The lowest BCUT2D eigenvalue weighted by Crippen LogP contribution is -2.08. The van der Waals surface area contributed by atoms with Gasteiger partial charge in [-0.2, -0.15) is 5.10 Å². The molecule has 3 N–H and O–H groups in total. The monoisotopic (exact) mass is 282 g/mol. The van der Waals surface area contributed by atoms with Gasteiger partial charge in [0.15, 0.2) is 5.82 Å². The lowest BCUT2D eigenvalue weighted by molar-refractivity contribution is 0.536. The molecule has 1 heterocycles. The van der Waals surface area contributed by atoms with Gasteiger partial charge in [0, 0.05) is 6.04 Å². The summed E-state index contributed by atoms with van der Waals surface area (Å²) in [7, 11) is 0. The maximum absolute atomic E-state index is 13.3. The van der Waals surface area contributed by atoms with Crippen molar-refractivity contribution in [3.05, 3.63) is 34.7 Å². The van der Waals surface area contributed by atoms with Crippen molar-refractivity contribution in [3.8, 4) is 0 Å². The summed E-state index contributed by atoms with van der Waals surface area (Å²) in [5.74, 6) is 0.262. The zero-order valence-electron chi connectivity index (χ0n) is 11.0. The Morgan fingerprint density at radius 3 is 2.74 bits per heavy atom. The van der Waals surface area contributed by atoms with Crippen molar-refractivity contribution in [2.75, 3.05) is 11.1 Å². The van der Waals surface area contributed by atoms with E-state index in [9.17, 15) is 4.39 Å². The molecule has 0 aliphatic carbocycles. The van der Waals surface area contributed by atoms with Crippen molar-refractivity contribution >= 4 is 28.8 Å². The number of benzene rings is 1. The molecule has 0 saturated heterocycles. The van der Waals surface area contributed by atoms with Crippen LogP contribution in [0, 0.1) is 12.7 Å². The second-order valence-electron chi connectivity index (χ2n) is 4.64. The van der Waals surface area contributed by atoms with E-state index in [1.165, 1.54) is 18.2 Å². The molecule has 0 aliphatic rings. The summed E-state index contributed by atoms with van der Waals surface area (Å²) in [6, 6.07) is 4.26. The van der Waals surface area contributed by atoms with Gasteiger partial charge in [-0.25, -0.2) is 9.07 Å². The van der Waals surface area contributed by atoms with E-state index in [1.54, 1.807) is 4.68 Å². The van der Waals surface area contributed by atoms with Crippen LogP contribution in [0.5, 0.6) is 0 Å². The highest BCUT2D eigenvalue weighted by atomic mass is 35.5. The molecule has 0 radical (unpaired) electrons. The SMILES string of the molecule is Cc1nn(C(C)C)c(Nc2cc(F)ccc2Cl)c1N. The molecule has 1 aromatic heterocycles. The summed E-state index contributed by atoms with van der Waals surface area (Å²) in [4.78, 5) is 0. The standard InChI is InChI=1S/C13H16ClFN4/c1-7(2)19-13(12(16)8(3)18-19)17-11-6-9(15)4-5-10(11)14/h4-7,17H,16H2,1-3H3. The maximum Gasteiger partial charge on any atom is 0.152 e. The van der Waals surface area contributed by atoms with Crippen molar-refractivity contribution in [1.82, 2.24) is 9.78 Å². The van der Waals surface area contributed by atoms with E-state index in [0.717, 1.165) is 5.69 Å². The van der Waals surface area contributed by atoms with Crippen molar-refractivity contribution in [3.63, 3.8) is 0 Å². The average Bonchev–Trinajstić information content (AvgIpc) is 2.62. The van der Waals surface area contributed by atoms with Gasteiger partial charge in [-0.1, -0.05) is 11.6 Å². The number of nitrogens with one attached hydrogen (secondary N) is 1. The van der Waals surface area contributed by atoms with Gasteiger partial charge in [-0.05, 0) is 39.0 Å². The number of hydrogen-bond donors (Lipinski definition) is 2. The molecule has 4 nitrogen and oxygen atoms in total. The third-order valence-corrected chi connectivity index (χ3v) is 3.13. The number of nitrogens with two attached hydrogens (primary N) is 1. The topological polar surface area (TPSA) is 55.9 Å². The predicted molar refractivity (Wildman–Crippen MR) is 76.5 cm³/mol. The van der Waals surface area contributed by atoms with Gasteiger partial charge in [0.1, 0.15) is 5.82 Å². The number of halogens is 2. The van der Waals surface area contributed by atoms with Crippen LogP contribution in [0.2, 0.25) is 5.02 Å². The second kappa shape index (κ2) is 5.09. The smallest absolute Gasteiger partial charge is 0.152 e. The fraction of sp³-hybridized carbons (Fsp3) is 0.308. The molecular weight excluding hydrogens is 267 g/mol. The fourth-order valence-corrected chi connectivity index (χ4v) is 1.94. The Hall–Kier alpha value is -1.75. The fourth-order valence-electron chi connectivity index (χ4n) is 1.78. The van der Waals surface area contributed by atoms with E-state index in [0.29, 0.717) is 22.2 Å². The quantitative estimate of drug-likeness (QED) is 0.898. The summed E-state index contributed by atoms with van der Waals surface area (Å²) in [6.45, 7) is 5.81. The molecule has 102 valence electrons.